The van der Waals surface area contributed by atoms with E-state index in [1.165, 1.54) is 10.9 Å². The standard InChI is InChI=1S/C16H11Cl2N3O2/c17-12-6-5-10(7-13(12)18)20-16(23)9-21-14-4-2-1-3-11(14)15(22)8-19-21/h1-8H,9H2,(H,20,23). The minimum absolute atomic E-state index is 0.0267. The first-order valence-electron chi connectivity index (χ1n) is 6.74. The Kier molecular flexibility index (Phi) is 4.32. The van der Waals surface area contributed by atoms with Crippen LogP contribution in [-0.4, -0.2) is 15.7 Å². The maximum Gasteiger partial charge on any atom is 0.246 e. The lowest BCUT2D eigenvalue weighted by atomic mass is 10.2. The summed E-state index contributed by atoms with van der Waals surface area (Å²) in [4.78, 5) is 24.0. The first-order chi connectivity index (χ1) is 11.0. The van der Waals surface area contributed by atoms with Gasteiger partial charge in [0.1, 0.15) is 6.54 Å². The van der Waals surface area contributed by atoms with Crippen LogP contribution in [0.4, 0.5) is 5.69 Å². The SMILES string of the molecule is O=C(Cn1ncc(=O)c2ccccc21)Nc1ccc(Cl)c(Cl)c1. The van der Waals surface area contributed by atoms with Crippen LogP contribution >= 0.6 is 23.2 Å². The smallest absolute Gasteiger partial charge is 0.246 e. The number of nitrogens with one attached hydrogen (secondary N) is 1. The Balaban J connectivity index is 1.84. The number of carbonyl (C=O) groups excluding carboxylic acids is 1. The molecule has 2 aromatic carbocycles. The lowest BCUT2D eigenvalue weighted by molar-refractivity contribution is -0.116. The van der Waals surface area contributed by atoms with E-state index in [4.69, 9.17) is 23.2 Å². The highest BCUT2D eigenvalue weighted by atomic mass is 35.5. The molecular weight excluding hydrogens is 337 g/mol. The molecule has 5 nitrogen and oxygen atoms in total. The molecule has 0 bridgehead atoms. The van der Waals surface area contributed by atoms with Gasteiger partial charge in [-0.05, 0) is 30.3 Å². The highest BCUT2D eigenvalue weighted by molar-refractivity contribution is 6.42. The number of fused-ring (bicyclic) bond motifs is 1. The fraction of sp³-hybridized carbons (Fsp3) is 0.0625. The zero-order valence-corrected chi connectivity index (χ0v) is 13.3. The minimum atomic E-state index is -0.287. The third kappa shape index (κ3) is 3.36. The second-order valence-corrected chi connectivity index (χ2v) is 5.68. The first kappa shape index (κ1) is 15.5. The van der Waals surface area contributed by atoms with E-state index >= 15 is 0 Å². The summed E-state index contributed by atoms with van der Waals surface area (Å²) in [7, 11) is 0. The van der Waals surface area contributed by atoms with Crippen LogP contribution in [-0.2, 0) is 11.3 Å². The van der Waals surface area contributed by atoms with Crippen LogP contribution in [0.3, 0.4) is 0 Å². The van der Waals surface area contributed by atoms with Gasteiger partial charge in [0.05, 0.1) is 21.8 Å². The molecule has 1 heterocycles. The summed E-state index contributed by atoms with van der Waals surface area (Å²) in [5.41, 5.74) is 0.959. The molecule has 7 heteroatoms. The molecule has 1 N–H and O–H groups in total. The van der Waals surface area contributed by atoms with Gasteiger partial charge in [-0.1, -0.05) is 35.3 Å². The van der Waals surface area contributed by atoms with Crippen LogP contribution < -0.4 is 10.7 Å². The summed E-state index contributed by atoms with van der Waals surface area (Å²) in [6, 6.07) is 11.8. The first-order valence-corrected chi connectivity index (χ1v) is 7.50. The fourth-order valence-electron chi connectivity index (χ4n) is 2.20. The monoisotopic (exact) mass is 347 g/mol. The zero-order valence-electron chi connectivity index (χ0n) is 11.8. The molecule has 0 saturated heterocycles. The molecular formula is C16H11Cl2N3O2. The minimum Gasteiger partial charge on any atom is -0.324 e. The predicted octanol–water partition coefficient (Wildman–Crippen LogP) is 3.34. The Labute approximate surface area is 141 Å². The number of carbonyl (C=O) groups is 1. The Morgan fingerprint density at radius 1 is 1.13 bits per heavy atom. The quantitative estimate of drug-likeness (QED) is 0.790. The largest absolute Gasteiger partial charge is 0.324 e. The van der Waals surface area contributed by atoms with Crippen LogP contribution in [0.2, 0.25) is 10.0 Å². The topological polar surface area (TPSA) is 64.0 Å². The number of aromatic nitrogens is 2. The maximum atomic E-state index is 12.2. The zero-order chi connectivity index (χ0) is 16.4. The van der Waals surface area contributed by atoms with Crippen molar-refractivity contribution in [1.29, 1.82) is 0 Å². The van der Waals surface area contributed by atoms with Gasteiger partial charge >= 0.3 is 0 Å². The molecule has 0 aliphatic heterocycles. The Bertz CT molecular complexity index is 953. The summed E-state index contributed by atoms with van der Waals surface area (Å²) >= 11 is 11.8. The molecule has 1 aromatic heterocycles. The molecule has 0 saturated carbocycles. The molecule has 1 amide bonds. The van der Waals surface area contributed by atoms with E-state index in [9.17, 15) is 9.59 Å². The van der Waals surface area contributed by atoms with Gasteiger partial charge in [0, 0.05) is 11.1 Å². The van der Waals surface area contributed by atoms with Crippen molar-refractivity contribution in [3.8, 4) is 0 Å². The van der Waals surface area contributed by atoms with Crippen LogP contribution in [0.1, 0.15) is 0 Å². The summed E-state index contributed by atoms with van der Waals surface area (Å²) in [5.74, 6) is -0.287. The molecule has 0 aliphatic carbocycles. The second kappa shape index (κ2) is 6.40. The number of anilines is 1. The van der Waals surface area contributed by atoms with Crippen molar-refractivity contribution in [2.75, 3.05) is 5.32 Å². The molecule has 3 aromatic rings. The van der Waals surface area contributed by atoms with Gasteiger partial charge < -0.3 is 5.32 Å². The molecule has 3 rings (SSSR count). The van der Waals surface area contributed by atoms with Crippen LogP contribution in [0.5, 0.6) is 0 Å². The van der Waals surface area contributed by atoms with Crippen molar-refractivity contribution in [2.24, 2.45) is 0 Å². The van der Waals surface area contributed by atoms with Crippen molar-refractivity contribution >= 4 is 45.7 Å². The summed E-state index contributed by atoms with van der Waals surface area (Å²) in [6.45, 7) is -0.0267. The van der Waals surface area contributed by atoms with Crippen LogP contribution in [0.25, 0.3) is 10.9 Å². The molecule has 23 heavy (non-hydrogen) atoms. The van der Waals surface area contributed by atoms with Crippen molar-refractivity contribution < 1.29 is 4.79 Å². The van der Waals surface area contributed by atoms with Gasteiger partial charge in [-0.15, -0.1) is 0 Å². The lowest BCUT2D eigenvalue weighted by Crippen LogP contribution is -2.22. The van der Waals surface area contributed by atoms with Gasteiger partial charge in [0.25, 0.3) is 0 Å². The van der Waals surface area contributed by atoms with Crippen molar-refractivity contribution in [3.63, 3.8) is 0 Å². The number of benzene rings is 2. The molecule has 116 valence electrons. The van der Waals surface area contributed by atoms with E-state index in [1.807, 2.05) is 0 Å². The highest BCUT2D eigenvalue weighted by Crippen LogP contribution is 2.25. The Morgan fingerprint density at radius 3 is 2.70 bits per heavy atom. The third-order valence-corrected chi connectivity index (χ3v) is 4.00. The Morgan fingerprint density at radius 2 is 1.91 bits per heavy atom. The maximum absolute atomic E-state index is 12.2. The molecule has 0 atom stereocenters. The number of amides is 1. The van der Waals surface area contributed by atoms with Crippen LogP contribution in [0, 0.1) is 0 Å². The molecule has 0 aliphatic rings. The summed E-state index contributed by atoms with van der Waals surface area (Å²) < 4.78 is 1.48. The molecule has 0 radical (unpaired) electrons. The highest BCUT2D eigenvalue weighted by Gasteiger charge is 2.09. The van der Waals surface area contributed by atoms with Gasteiger partial charge in [-0.2, -0.15) is 5.10 Å². The average molecular weight is 348 g/mol. The van der Waals surface area contributed by atoms with E-state index in [0.717, 1.165) is 0 Å². The van der Waals surface area contributed by atoms with E-state index in [-0.39, 0.29) is 17.9 Å². The summed E-state index contributed by atoms with van der Waals surface area (Å²) in [6.07, 6.45) is 1.20. The average Bonchev–Trinajstić information content (AvgIpc) is 2.54. The molecule has 0 fully saturated rings. The number of nitrogens with zero attached hydrogens (tertiary/aromatic N) is 2. The van der Waals surface area contributed by atoms with Gasteiger partial charge in [-0.25, -0.2) is 0 Å². The number of rotatable bonds is 3. The van der Waals surface area contributed by atoms with E-state index in [2.05, 4.69) is 10.4 Å². The van der Waals surface area contributed by atoms with E-state index in [1.54, 1.807) is 42.5 Å². The molecule has 0 unspecified atom stereocenters. The number of hydrogen-bond donors (Lipinski definition) is 1. The second-order valence-electron chi connectivity index (χ2n) is 4.86. The molecule has 0 spiro atoms. The van der Waals surface area contributed by atoms with E-state index < -0.39 is 0 Å². The number of para-hydroxylation sites is 1. The fourth-order valence-corrected chi connectivity index (χ4v) is 2.50. The van der Waals surface area contributed by atoms with E-state index in [0.29, 0.717) is 26.6 Å². The van der Waals surface area contributed by atoms with Crippen LogP contribution in [0.15, 0.2) is 53.5 Å². The number of hydrogen-bond acceptors (Lipinski definition) is 3. The lowest BCUT2D eigenvalue weighted by Gasteiger charge is -2.10. The third-order valence-electron chi connectivity index (χ3n) is 3.26. The normalized spacial score (nSPS) is 10.7. The van der Waals surface area contributed by atoms with Gasteiger partial charge in [0.15, 0.2) is 0 Å². The number of halogens is 2. The van der Waals surface area contributed by atoms with Gasteiger partial charge in [-0.3, -0.25) is 14.3 Å². The predicted molar refractivity (Wildman–Crippen MR) is 91.1 cm³/mol. The van der Waals surface area contributed by atoms with Gasteiger partial charge in [0.2, 0.25) is 11.3 Å². The van der Waals surface area contributed by atoms with Crippen molar-refractivity contribution in [1.82, 2.24) is 9.78 Å². The van der Waals surface area contributed by atoms with Crippen molar-refractivity contribution in [2.45, 2.75) is 6.54 Å². The Hall–Kier alpha value is -2.37. The summed E-state index contributed by atoms with van der Waals surface area (Å²) in [5, 5.41) is 8.02. The van der Waals surface area contributed by atoms with Crippen molar-refractivity contribution in [3.05, 3.63) is 68.9 Å².